The lowest BCUT2D eigenvalue weighted by Gasteiger charge is -1.83. The van der Waals surface area contributed by atoms with E-state index in [2.05, 4.69) is 15.9 Å². The van der Waals surface area contributed by atoms with Crippen molar-refractivity contribution in [2.75, 3.05) is 6.54 Å². The SMILES string of the molecule is C/C=C(/Br)CN. The molecule has 0 unspecified atom stereocenters. The third kappa shape index (κ3) is 2.42. The Morgan fingerprint density at radius 1 is 2.00 bits per heavy atom. The molecule has 0 amide bonds. The van der Waals surface area contributed by atoms with Crippen molar-refractivity contribution in [3.05, 3.63) is 10.6 Å². The first kappa shape index (κ1) is 6.18. The molecule has 0 aromatic rings. The van der Waals surface area contributed by atoms with Crippen LogP contribution in [0.5, 0.6) is 0 Å². The highest BCUT2D eigenvalue weighted by molar-refractivity contribution is 9.11. The first-order valence-electron chi connectivity index (χ1n) is 1.82. The van der Waals surface area contributed by atoms with Crippen molar-refractivity contribution in [1.29, 1.82) is 0 Å². The maximum atomic E-state index is 5.17. The van der Waals surface area contributed by atoms with Crippen LogP contribution in [-0.4, -0.2) is 6.54 Å². The van der Waals surface area contributed by atoms with E-state index in [0.29, 0.717) is 6.54 Å². The molecule has 0 saturated heterocycles. The average molecular weight is 150 g/mol. The van der Waals surface area contributed by atoms with Gasteiger partial charge in [0.15, 0.2) is 0 Å². The average Bonchev–Trinajstić information content (AvgIpc) is 1.65. The minimum atomic E-state index is 0.608. The van der Waals surface area contributed by atoms with Gasteiger partial charge in [-0.1, -0.05) is 22.0 Å². The van der Waals surface area contributed by atoms with Crippen LogP contribution in [0.3, 0.4) is 0 Å². The molecule has 0 heterocycles. The largest absolute Gasteiger partial charge is 0.326 e. The molecule has 0 bridgehead atoms. The van der Waals surface area contributed by atoms with Crippen LogP contribution in [0.2, 0.25) is 0 Å². The molecule has 0 radical (unpaired) electrons. The van der Waals surface area contributed by atoms with Crippen molar-refractivity contribution in [2.45, 2.75) is 6.92 Å². The molecule has 0 aliphatic rings. The lowest BCUT2D eigenvalue weighted by atomic mass is 10.5. The summed E-state index contributed by atoms with van der Waals surface area (Å²) in [5, 5.41) is 0. The summed E-state index contributed by atoms with van der Waals surface area (Å²) in [6.07, 6.45) is 1.93. The Kier molecular flexibility index (Phi) is 3.47. The van der Waals surface area contributed by atoms with Crippen molar-refractivity contribution in [3.63, 3.8) is 0 Å². The van der Waals surface area contributed by atoms with Crippen LogP contribution in [0.4, 0.5) is 0 Å². The molecule has 0 rings (SSSR count). The second kappa shape index (κ2) is 3.37. The minimum Gasteiger partial charge on any atom is -0.326 e. The summed E-state index contributed by atoms with van der Waals surface area (Å²) in [4.78, 5) is 0. The zero-order valence-electron chi connectivity index (χ0n) is 3.74. The molecule has 0 saturated carbocycles. The second-order valence-electron chi connectivity index (χ2n) is 0.940. The predicted molar refractivity (Wildman–Crippen MR) is 31.7 cm³/mol. The second-order valence-corrected chi connectivity index (χ2v) is 1.96. The Labute approximate surface area is 46.4 Å². The lowest BCUT2D eigenvalue weighted by Crippen LogP contribution is -1.96. The van der Waals surface area contributed by atoms with Crippen LogP contribution in [0.1, 0.15) is 6.92 Å². The highest BCUT2D eigenvalue weighted by Crippen LogP contribution is 1.98. The Balaban J connectivity index is 3.22. The summed E-state index contributed by atoms with van der Waals surface area (Å²) in [5.74, 6) is 0. The molecule has 36 valence electrons. The molecule has 2 heteroatoms. The van der Waals surface area contributed by atoms with Gasteiger partial charge in [0.2, 0.25) is 0 Å². The van der Waals surface area contributed by atoms with E-state index in [1.807, 2.05) is 13.0 Å². The number of halogens is 1. The van der Waals surface area contributed by atoms with Gasteiger partial charge in [-0.15, -0.1) is 0 Å². The molecule has 2 N–H and O–H groups in total. The van der Waals surface area contributed by atoms with E-state index in [1.54, 1.807) is 0 Å². The molecule has 0 fully saturated rings. The van der Waals surface area contributed by atoms with Gasteiger partial charge in [0, 0.05) is 11.0 Å². The molecule has 0 spiro atoms. The van der Waals surface area contributed by atoms with Crippen molar-refractivity contribution in [3.8, 4) is 0 Å². The number of nitrogens with two attached hydrogens (primary N) is 1. The lowest BCUT2D eigenvalue weighted by molar-refractivity contribution is 1.23. The fourth-order valence-electron chi connectivity index (χ4n) is 0.118. The fourth-order valence-corrected chi connectivity index (χ4v) is 0.118. The van der Waals surface area contributed by atoms with Crippen molar-refractivity contribution in [2.24, 2.45) is 5.73 Å². The Bertz CT molecular complexity index is 58.6. The summed E-state index contributed by atoms with van der Waals surface area (Å²) in [7, 11) is 0. The summed E-state index contributed by atoms with van der Waals surface area (Å²) in [5.41, 5.74) is 5.17. The van der Waals surface area contributed by atoms with Gasteiger partial charge in [-0.05, 0) is 6.92 Å². The number of hydrogen-bond acceptors (Lipinski definition) is 1. The van der Waals surface area contributed by atoms with Crippen LogP contribution in [-0.2, 0) is 0 Å². The van der Waals surface area contributed by atoms with Crippen molar-refractivity contribution < 1.29 is 0 Å². The number of rotatable bonds is 1. The standard InChI is InChI=1S/C4H8BrN/c1-2-4(5)3-6/h2H,3,6H2,1H3/b4-2+. The Hall–Kier alpha value is 0.180. The van der Waals surface area contributed by atoms with Gasteiger partial charge in [-0.2, -0.15) is 0 Å². The van der Waals surface area contributed by atoms with E-state index in [1.165, 1.54) is 0 Å². The first-order chi connectivity index (χ1) is 2.81. The molecular formula is C4H8BrN. The third-order valence-electron chi connectivity index (χ3n) is 0.508. The van der Waals surface area contributed by atoms with Gasteiger partial charge in [-0.25, -0.2) is 0 Å². The van der Waals surface area contributed by atoms with Gasteiger partial charge in [0.1, 0.15) is 0 Å². The first-order valence-corrected chi connectivity index (χ1v) is 2.61. The molecule has 0 aliphatic carbocycles. The number of hydrogen-bond donors (Lipinski definition) is 1. The van der Waals surface area contributed by atoms with Crippen LogP contribution in [0.25, 0.3) is 0 Å². The Morgan fingerprint density at radius 2 is 2.50 bits per heavy atom. The fraction of sp³-hybridized carbons (Fsp3) is 0.500. The monoisotopic (exact) mass is 149 g/mol. The van der Waals surface area contributed by atoms with E-state index < -0.39 is 0 Å². The quantitative estimate of drug-likeness (QED) is 0.597. The predicted octanol–water partition coefficient (Wildman–Crippen LogP) is 1.24. The van der Waals surface area contributed by atoms with Crippen LogP contribution < -0.4 is 5.73 Å². The molecule has 0 atom stereocenters. The van der Waals surface area contributed by atoms with Gasteiger partial charge >= 0.3 is 0 Å². The topological polar surface area (TPSA) is 26.0 Å². The van der Waals surface area contributed by atoms with Crippen LogP contribution in [0.15, 0.2) is 10.6 Å². The van der Waals surface area contributed by atoms with Gasteiger partial charge < -0.3 is 5.73 Å². The van der Waals surface area contributed by atoms with Crippen molar-refractivity contribution >= 4 is 15.9 Å². The number of allylic oxidation sites excluding steroid dienone is 1. The van der Waals surface area contributed by atoms with Gasteiger partial charge in [0.05, 0.1) is 0 Å². The van der Waals surface area contributed by atoms with E-state index >= 15 is 0 Å². The van der Waals surface area contributed by atoms with Gasteiger partial charge in [-0.3, -0.25) is 0 Å². The molecule has 6 heavy (non-hydrogen) atoms. The highest BCUT2D eigenvalue weighted by atomic mass is 79.9. The van der Waals surface area contributed by atoms with E-state index in [9.17, 15) is 0 Å². The van der Waals surface area contributed by atoms with E-state index in [4.69, 9.17) is 5.73 Å². The minimum absolute atomic E-state index is 0.608. The van der Waals surface area contributed by atoms with Crippen LogP contribution >= 0.6 is 15.9 Å². The smallest absolute Gasteiger partial charge is 0.0241 e. The molecule has 0 aromatic heterocycles. The highest BCUT2D eigenvalue weighted by Gasteiger charge is 1.75. The summed E-state index contributed by atoms with van der Waals surface area (Å²) in [6, 6.07) is 0. The molecule has 0 aliphatic heterocycles. The Morgan fingerprint density at radius 3 is 2.50 bits per heavy atom. The third-order valence-corrected chi connectivity index (χ3v) is 1.29. The van der Waals surface area contributed by atoms with Crippen LogP contribution in [0, 0.1) is 0 Å². The zero-order valence-corrected chi connectivity index (χ0v) is 5.33. The maximum absolute atomic E-state index is 5.17. The molecule has 0 aromatic carbocycles. The summed E-state index contributed by atoms with van der Waals surface area (Å²) in [6.45, 7) is 2.55. The van der Waals surface area contributed by atoms with Gasteiger partial charge in [0.25, 0.3) is 0 Å². The summed E-state index contributed by atoms with van der Waals surface area (Å²) >= 11 is 3.21. The molecule has 1 nitrogen and oxygen atoms in total. The molecular weight excluding hydrogens is 142 g/mol. The maximum Gasteiger partial charge on any atom is 0.0241 e. The zero-order chi connectivity index (χ0) is 4.99. The van der Waals surface area contributed by atoms with E-state index in [-0.39, 0.29) is 0 Å². The summed E-state index contributed by atoms with van der Waals surface area (Å²) < 4.78 is 1.06. The van der Waals surface area contributed by atoms with E-state index in [0.717, 1.165) is 4.48 Å². The van der Waals surface area contributed by atoms with Crippen molar-refractivity contribution in [1.82, 2.24) is 0 Å². The normalized spacial score (nSPS) is 12.2.